The number of nitrogens with zero attached hydrogens (tertiary/aromatic N) is 1. The molecule has 8 heteroatoms. The summed E-state index contributed by atoms with van der Waals surface area (Å²) >= 11 is 6.13. The number of esters is 1. The molecule has 2 N–H and O–H groups in total. The van der Waals surface area contributed by atoms with Gasteiger partial charge in [0.2, 0.25) is 0 Å². The van der Waals surface area contributed by atoms with E-state index in [0.717, 1.165) is 22.0 Å². The Morgan fingerprint density at radius 2 is 1.69 bits per heavy atom. The monoisotopic (exact) mass is 537 g/mol. The molecular formula is C31H24ClN3O4. The number of ether oxygens (including phenoxy) is 2. The molecule has 194 valence electrons. The number of aromatic nitrogens is 1. The van der Waals surface area contributed by atoms with E-state index in [1.54, 1.807) is 48.5 Å². The highest BCUT2D eigenvalue weighted by Gasteiger charge is 2.20. The van der Waals surface area contributed by atoms with Crippen LogP contribution in [0.1, 0.15) is 33.3 Å². The largest absolute Gasteiger partial charge is 0.494 e. The van der Waals surface area contributed by atoms with Gasteiger partial charge in [-0.2, -0.15) is 5.10 Å². The second kappa shape index (κ2) is 11.7. The van der Waals surface area contributed by atoms with Crippen molar-refractivity contribution in [2.45, 2.75) is 6.92 Å². The average molecular weight is 538 g/mol. The van der Waals surface area contributed by atoms with Crippen LogP contribution < -0.4 is 14.9 Å². The molecule has 0 bridgehead atoms. The number of halogens is 1. The van der Waals surface area contributed by atoms with Crippen LogP contribution in [0, 0.1) is 0 Å². The molecular weight excluding hydrogens is 514 g/mol. The summed E-state index contributed by atoms with van der Waals surface area (Å²) < 4.78 is 11.2. The lowest BCUT2D eigenvalue weighted by molar-refractivity contribution is 0.0734. The number of H-pyrrole nitrogens is 1. The molecule has 0 aliphatic carbocycles. The van der Waals surface area contributed by atoms with Crippen molar-refractivity contribution >= 4 is 40.6 Å². The Hall–Kier alpha value is -4.88. The van der Waals surface area contributed by atoms with Crippen molar-refractivity contribution in [3.05, 3.63) is 119 Å². The number of aromatic amines is 1. The van der Waals surface area contributed by atoms with Crippen molar-refractivity contribution in [3.63, 3.8) is 0 Å². The van der Waals surface area contributed by atoms with Crippen LogP contribution in [0.15, 0.2) is 102 Å². The van der Waals surface area contributed by atoms with Crippen molar-refractivity contribution in [3.8, 4) is 22.6 Å². The minimum Gasteiger partial charge on any atom is -0.494 e. The Bertz CT molecular complexity index is 1680. The Morgan fingerprint density at radius 1 is 0.949 bits per heavy atom. The van der Waals surface area contributed by atoms with Crippen LogP contribution in [0.3, 0.4) is 0 Å². The number of hydrazone groups is 1. The van der Waals surface area contributed by atoms with E-state index in [0.29, 0.717) is 28.6 Å². The maximum absolute atomic E-state index is 13.3. The second-order valence-corrected chi connectivity index (χ2v) is 8.89. The van der Waals surface area contributed by atoms with E-state index in [1.165, 1.54) is 6.21 Å². The van der Waals surface area contributed by atoms with Gasteiger partial charge in [0.05, 0.1) is 23.4 Å². The maximum Gasteiger partial charge on any atom is 0.345 e. The normalized spacial score (nSPS) is 11.0. The van der Waals surface area contributed by atoms with Gasteiger partial charge in [0.15, 0.2) is 0 Å². The summed E-state index contributed by atoms with van der Waals surface area (Å²) in [5.41, 5.74) is 6.11. The molecule has 0 saturated heterocycles. The van der Waals surface area contributed by atoms with Crippen molar-refractivity contribution < 1.29 is 19.1 Å². The first-order chi connectivity index (χ1) is 19.0. The molecule has 7 nitrogen and oxygen atoms in total. The zero-order valence-corrected chi connectivity index (χ0v) is 21.7. The van der Waals surface area contributed by atoms with E-state index in [1.807, 2.05) is 55.5 Å². The number of para-hydroxylation sites is 1. The fraction of sp³-hybridized carbons (Fsp3) is 0.0645. The summed E-state index contributed by atoms with van der Waals surface area (Å²) in [5, 5.41) is 5.29. The van der Waals surface area contributed by atoms with E-state index >= 15 is 0 Å². The molecule has 0 saturated carbocycles. The van der Waals surface area contributed by atoms with E-state index in [2.05, 4.69) is 15.5 Å². The van der Waals surface area contributed by atoms with Gasteiger partial charge in [0.1, 0.15) is 17.2 Å². The zero-order chi connectivity index (χ0) is 27.2. The topological polar surface area (TPSA) is 92.8 Å². The molecule has 39 heavy (non-hydrogen) atoms. The molecule has 1 heterocycles. The van der Waals surface area contributed by atoms with Crippen molar-refractivity contribution in [1.29, 1.82) is 0 Å². The lowest BCUT2D eigenvalue weighted by atomic mass is 10.0. The Labute approximate surface area is 230 Å². The highest BCUT2D eigenvalue weighted by atomic mass is 35.5. The Balaban J connectivity index is 1.40. The fourth-order valence-corrected chi connectivity index (χ4v) is 4.39. The summed E-state index contributed by atoms with van der Waals surface area (Å²) in [4.78, 5) is 29.2. The number of amides is 1. The highest BCUT2D eigenvalue weighted by molar-refractivity contribution is 6.33. The SMILES string of the molecule is CCOc1ccc2[nH]c(C(=O)NN=Cc3ccccc3OC(=O)c3ccccc3Cl)c(-c3ccccc3)c2c1. The van der Waals surface area contributed by atoms with Crippen LogP contribution in [-0.4, -0.2) is 29.7 Å². The van der Waals surface area contributed by atoms with Crippen LogP contribution in [0.4, 0.5) is 0 Å². The van der Waals surface area contributed by atoms with E-state index in [4.69, 9.17) is 21.1 Å². The predicted molar refractivity (Wildman–Crippen MR) is 153 cm³/mol. The molecule has 0 atom stereocenters. The lowest BCUT2D eigenvalue weighted by Crippen LogP contribution is -2.19. The van der Waals surface area contributed by atoms with Crippen LogP contribution in [-0.2, 0) is 0 Å². The molecule has 0 aliphatic rings. The number of nitrogens with one attached hydrogen (secondary N) is 2. The summed E-state index contributed by atoms with van der Waals surface area (Å²) in [6, 6.07) is 28.8. The van der Waals surface area contributed by atoms with Gasteiger partial charge in [0, 0.05) is 22.0 Å². The summed E-state index contributed by atoms with van der Waals surface area (Å²) in [6.45, 7) is 2.46. The summed E-state index contributed by atoms with van der Waals surface area (Å²) in [7, 11) is 0. The molecule has 5 rings (SSSR count). The van der Waals surface area contributed by atoms with Gasteiger partial charge < -0.3 is 14.5 Å². The van der Waals surface area contributed by atoms with E-state index < -0.39 is 11.9 Å². The number of hydrogen-bond acceptors (Lipinski definition) is 5. The van der Waals surface area contributed by atoms with Crippen LogP contribution in [0.25, 0.3) is 22.0 Å². The Kier molecular flexibility index (Phi) is 7.70. The molecule has 1 amide bonds. The third-order valence-electron chi connectivity index (χ3n) is 5.96. The van der Waals surface area contributed by atoms with Gasteiger partial charge in [-0.25, -0.2) is 10.2 Å². The second-order valence-electron chi connectivity index (χ2n) is 8.49. The molecule has 5 aromatic rings. The number of carbonyl (C=O) groups excluding carboxylic acids is 2. The van der Waals surface area contributed by atoms with Crippen LogP contribution in [0.2, 0.25) is 5.02 Å². The molecule has 0 aliphatic heterocycles. The third-order valence-corrected chi connectivity index (χ3v) is 6.29. The van der Waals surface area contributed by atoms with Gasteiger partial charge in [-0.15, -0.1) is 0 Å². The molecule has 0 radical (unpaired) electrons. The fourth-order valence-electron chi connectivity index (χ4n) is 4.18. The van der Waals surface area contributed by atoms with Crippen molar-refractivity contribution in [1.82, 2.24) is 10.4 Å². The first kappa shape index (κ1) is 25.8. The first-order valence-corrected chi connectivity index (χ1v) is 12.7. The number of benzene rings is 4. The minimum absolute atomic E-state index is 0.249. The van der Waals surface area contributed by atoms with Crippen molar-refractivity contribution in [2.24, 2.45) is 5.10 Å². The number of rotatable bonds is 8. The highest BCUT2D eigenvalue weighted by Crippen LogP contribution is 2.34. The van der Waals surface area contributed by atoms with Crippen LogP contribution >= 0.6 is 11.6 Å². The standard InChI is InChI=1S/C31H24ClN3O4/c1-2-38-22-16-17-26-24(18-22)28(20-10-4-3-5-11-20)29(34-26)30(36)35-33-19-21-12-6-9-15-27(21)39-31(37)23-13-7-8-14-25(23)32/h3-19,34H,2H2,1H3,(H,35,36). The quantitative estimate of drug-likeness (QED) is 0.0977. The zero-order valence-electron chi connectivity index (χ0n) is 21.0. The lowest BCUT2D eigenvalue weighted by Gasteiger charge is -2.08. The maximum atomic E-state index is 13.3. The summed E-state index contributed by atoms with van der Waals surface area (Å²) in [6.07, 6.45) is 1.42. The van der Waals surface area contributed by atoms with Gasteiger partial charge in [0.25, 0.3) is 5.91 Å². The van der Waals surface area contributed by atoms with E-state index in [-0.39, 0.29) is 11.3 Å². The molecule has 0 unspecified atom stereocenters. The molecule has 4 aromatic carbocycles. The number of fused-ring (bicyclic) bond motifs is 1. The molecule has 0 spiro atoms. The Morgan fingerprint density at radius 3 is 2.49 bits per heavy atom. The van der Waals surface area contributed by atoms with Crippen LogP contribution in [0.5, 0.6) is 11.5 Å². The number of carbonyl (C=O) groups is 2. The first-order valence-electron chi connectivity index (χ1n) is 12.3. The van der Waals surface area contributed by atoms with Gasteiger partial charge in [-0.05, 0) is 55.0 Å². The van der Waals surface area contributed by atoms with E-state index in [9.17, 15) is 9.59 Å². The number of hydrogen-bond donors (Lipinski definition) is 2. The minimum atomic E-state index is -0.595. The molecule has 0 fully saturated rings. The predicted octanol–water partition coefficient (Wildman–Crippen LogP) is 6.87. The smallest absolute Gasteiger partial charge is 0.345 e. The molecule has 1 aromatic heterocycles. The van der Waals surface area contributed by atoms with Gasteiger partial charge in [-0.3, -0.25) is 4.79 Å². The summed E-state index contributed by atoms with van der Waals surface area (Å²) in [5.74, 6) is -0.0270. The van der Waals surface area contributed by atoms with Crippen molar-refractivity contribution in [2.75, 3.05) is 6.61 Å². The average Bonchev–Trinajstić information content (AvgIpc) is 3.34. The van der Waals surface area contributed by atoms with Gasteiger partial charge >= 0.3 is 5.97 Å². The third kappa shape index (κ3) is 5.68. The van der Waals surface area contributed by atoms with Gasteiger partial charge in [-0.1, -0.05) is 66.2 Å².